The lowest BCUT2D eigenvalue weighted by molar-refractivity contribution is -0.121. The average molecular weight is 369 g/mol. The van der Waals surface area contributed by atoms with Crippen molar-refractivity contribution in [1.82, 2.24) is 10.0 Å². The molecule has 8 heteroatoms. The lowest BCUT2D eigenvalue weighted by Gasteiger charge is -2.26. The highest BCUT2D eigenvalue weighted by atomic mass is 32.2. The molecule has 1 aliphatic rings. The Balaban J connectivity index is 1.76. The van der Waals surface area contributed by atoms with Gasteiger partial charge in [0.1, 0.15) is 5.75 Å². The van der Waals surface area contributed by atoms with Crippen LogP contribution in [0.15, 0.2) is 29.2 Å². The van der Waals surface area contributed by atoms with Crippen LogP contribution in [0, 0.1) is 0 Å². The van der Waals surface area contributed by atoms with Crippen LogP contribution in [0.3, 0.4) is 0 Å². The molecule has 0 saturated heterocycles. The number of nitrogens with one attached hydrogen (secondary N) is 2. The first-order valence-electron chi connectivity index (χ1n) is 8.68. The normalized spacial score (nSPS) is 20.9. The molecular weight excluding hydrogens is 342 g/mol. The van der Waals surface area contributed by atoms with Gasteiger partial charge in [-0.3, -0.25) is 4.79 Å². The zero-order chi connectivity index (χ0) is 18.3. The Labute approximate surface area is 149 Å². The molecular formula is C17H27N3O4S. The fourth-order valence-electron chi connectivity index (χ4n) is 2.83. The Kier molecular flexibility index (Phi) is 7.22. The van der Waals surface area contributed by atoms with Gasteiger partial charge >= 0.3 is 0 Å². The topological polar surface area (TPSA) is 111 Å². The highest BCUT2D eigenvalue weighted by Gasteiger charge is 2.20. The second-order valence-corrected chi connectivity index (χ2v) is 8.00. The first kappa shape index (κ1) is 19.7. The number of hydrogen-bond acceptors (Lipinski definition) is 5. The van der Waals surface area contributed by atoms with Crippen LogP contribution in [0.5, 0.6) is 5.75 Å². The molecule has 1 amide bonds. The minimum Gasteiger partial charge on any atom is -0.494 e. The Morgan fingerprint density at radius 1 is 1.20 bits per heavy atom. The zero-order valence-electron chi connectivity index (χ0n) is 14.5. The Morgan fingerprint density at radius 2 is 1.84 bits per heavy atom. The Morgan fingerprint density at radius 3 is 2.44 bits per heavy atom. The Hall–Kier alpha value is -1.64. The predicted octanol–water partition coefficient (Wildman–Crippen LogP) is 1.14. The minimum absolute atomic E-state index is 0.0631. The van der Waals surface area contributed by atoms with Gasteiger partial charge in [0.05, 0.1) is 11.5 Å². The van der Waals surface area contributed by atoms with Gasteiger partial charge in [-0.2, -0.15) is 0 Å². The van der Waals surface area contributed by atoms with Gasteiger partial charge in [0.25, 0.3) is 0 Å². The molecule has 1 aliphatic carbocycles. The molecule has 7 nitrogen and oxygen atoms in total. The molecule has 1 saturated carbocycles. The second kappa shape index (κ2) is 9.17. The van der Waals surface area contributed by atoms with Crippen molar-refractivity contribution in [2.75, 3.05) is 13.2 Å². The van der Waals surface area contributed by atoms with Gasteiger partial charge in [0, 0.05) is 25.0 Å². The number of nitrogens with two attached hydrogens (primary N) is 1. The largest absolute Gasteiger partial charge is 0.494 e. The summed E-state index contributed by atoms with van der Waals surface area (Å²) in [7, 11) is -3.63. The van der Waals surface area contributed by atoms with Crippen LogP contribution in [0.4, 0.5) is 0 Å². The van der Waals surface area contributed by atoms with Crippen LogP contribution in [0.2, 0.25) is 0 Å². The van der Waals surface area contributed by atoms with Gasteiger partial charge in [0.15, 0.2) is 0 Å². The molecule has 25 heavy (non-hydrogen) atoms. The van der Waals surface area contributed by atoms with Gasteiger partial charge < -0.3 is 15.8 Å². The molecule has 0 bridgehead atoms. The molecule has 1 fully saturated rings. The van der Waals surface area contributed by atoms with E-state index in [2.05, 4.69) is 10.0 Å². The molecule has 140 valence electrons. The van der Waals surface area contributed by atoms with Crippen LogP contribution in [0.25, 0.3) is 0 Å². The van der Waals surface area contributed by atoms with E-state index in [1.165, 1.54) is 12.1 Å². The van der Waals surface area contributed by atoms with Crippen molar-refractivity contribution in [1.29, 1.82) is 0 Å². The molecule has 0 atom stereocenters. The van der Waals surface area contributed by atoms with Crippen molar-refractivity contribution < 1.29 is 17.9 Å². The summed E-state index contributed by atoms with van der Waals surface area (Å²) in [5.41, 5.74) is 5.84. The molecule has 1 aromatic carbocycles. The maximum Gasteiger partial charge on any atom is 0.240 e. The van der Waals surface area contributed by atoms with E-state index in [-0.39, 0.29) is 35.9 Å². The maximum absolute atomic E-state index is 12.2. The summed E-state index contributed by atoms with van der Waals surface area (Å²) in [6.07, 6.45) is 3.69. The van der Waals surface area contributed by atoms with Crippen LogP contribution in [0.1, 0.15) is 39.0 Å². The van der Waals surface area contributed by atoms with Crippen LogP contribution in [-0.4, -0.2) is 39.6 Å². The van der Waals surface area contributed by atoms with E-state index >= 15 is 0 Å². The summed E-state index contributed by atoms with van der Waals surface area (Å²) in [6, 6.07) is 6.57. The molecule has 0 unspecified atom stereocenters. The van der Waals surface area contributed by atoms with Gasteiger partial charge in [-0.25, -0.2) is 13.1 Å². The number of amides is 1. The van der Waals surface area contributed by atoms with Crippen molar-refractivity contribution in [2.24, 2.45) is 5.73 Å². The van der Waals surface area contributed by atoms with E-state index < -0.39 is 10.0 Å². The summed E-state index contributed by atoms with van der Waals surface area (Å²) in [5, 5.41) is 2.94. The average Bonchev–Trinajstić information content (AvgIpc) is 2.57. The molecule has 4 N–H and O–H groups in total. The molecule has 0 aliphatic heterocycles. The number of ether oxygens (including phenoxy) is 1. The fraction of sp³-hybridized carbons (Fsp3) is 0.588. The van der Waals surface area contributed by atoms with Crippen molar-refractivity contribution >= 4 is 15.9 Å². The monoisotopic (exact) mass is 369 g/mol. The van der Waals surface area contributed by atoms with Crippen molar-refractivity contribution in [2.45, 2.75) is 56.0 Å². The number of benzene rings is 1. The lowest BCUT2D eigenvalue weighted by atomic mass is 9.92. The second-order valence-electron chi connectivity index (χ2n) is 6.23. The maximum atomic E-state index is 12.2. The summed E-state index contributed by atoms with van der Waals surface area (Å²) >= 11 is 0. The first-order valence-corrected chi connectivity index (χ1v) is 10.2. The summed E-state index contributed by atoms with van der Waals surface area (Å²) in [5.74, 6) is 0.475. The smallest absolute Gasteiger partial charge is 0.240 e. The number of hydrogen-bond donors (Lipinski definition) is 3. The standard InChI is InChI=1S/C17H27N3O4S/c1-2-24-15-7-9-16(10-8-15)25(22,23)19-12-11-17(21)20-14-5-3-13(18)4-6-14/h7-10,13-14,19H,2-6,11-12,18H2,1H3,(H,20,21). The quantitative estimate of drug-likeness (QED) is 0.636. The van der Waals surface area contributed by atoms with E-state index in [9.17, 15) is 13.2 Å². The van der Waals surface area contributed by atoms with Gasteiger partial charge in [0.2, 0.25) is 15.9 Å². The highest BCUT2D eigenvalue weighted by molar-refractivity contribution is 7.89. The van der Waals surface area contributed by atoms with Crippen LogP contribution < -0.4 is 20.5 Å². The first-order chi connectivity index (χ1) is 11.9. The molecule has 1 aromatic rings. The molecule has 2 rings (SSSR count). The van der Waals surface area contributed by atoms with E-state index in [0.29, 0.717) is 12.4 Å². The predicted molar refractivity (Wildman–Crippen MR) is 95.8 cm³/mol. The number of sulfonamides is 1. The summed E-state index contributed by atoms with van der Waals surface area (Å²) in [6.45, 7) is 2.44. The Bertz CT molecular complexity index is 653. The zero-order valence-corrected chi connectivity index (χ0v) is 15.3. The molecule has 0 aromatic heterocycles. The molecule has 0 heterocycles. The number of rotatable bonds is 8. The summed E-state index contributed by atoms with van der Waals surface area (Å²) in [4.78, 5) is 12.1. The van der Waals surface area contributed by atoms with E-state index in [1.807, 2.05) is 6.92 Å². The van der Waals surface area contributed by atoms with E-state index in [0.717, 1.165) is 25.7 Å². The van der Waals surface area contributed by atoms with Crippen LogP contribution >= 0.6 is 0 Å². The van der Waals surface area contributed by atoms with Crippen molar-refractivity contribution in [3.8, 4) is 5.75 Å². The number of carbonyl (C=O) groups excluding carboxylic acids is 1. The molecule has 0 spiro atoms. The SMILES string of the molecule is CCOc1ccc(S(=O)(=O)NCCC(=O)NC2CCC(N)CC2)cc1. The van der Waals surface area contributed by atoms with Crippen molar-refractivity contribution in [3.63, 3.8) is 0 Å². The highest BCUT2D eigenvalue weighted by Crippen LogP contribution is 2.17. The van der Waals surface area contributed by atoms with E-state index in [1.54, 1.807) is 12.1 Å². The number of carbonyl (C=O) groups is 1. The summed E-state index contributed by atoms with van der Waals surface area (Å²) < 4.78 is 32.2. The van der Waals surface area contributed by atoms with Gasteiger partial charge in [-0.05, 0) is 56.9 Å². The minimum atomic E-state index is -3.63. The third-order valence-corrected chi connectivity index (χ3v) is 5.70. The third-order valence-electron chi connectivity index (χ3n) is 4.23. The van der Waals surface area contributed by atoms with Crippen molar-refractivity contribution in [3.05, 3.63) is 24.3 Å². The lowest BCUT2D eigenvalue weighted by Crippen LogP contribution is -2.41. The van der Waals surface area contributed by atoms with E-state index in [4.69, 9.17) is 10.5 Å². The molecule has 0 radical (unpaired) electrons. The fourth-order valence-corrected chi connectivity index (χ4v) is 3.86. The van der Waals surface area contributed by atoms with Crippen LogP contribution in [-0.2, 0) is 14.8 Å². The third kappa shape index (κ3) is 6.30. The van der Waals surface area contributed by atoms with Gasteiger partial charge in [-0.15, -0.1) is 0 Å². The van der Waals surface area contributed by atoms with Gasteiger partial charge in [-0.1, -0.05) is 0 Å².